The van der Waals surface area contributed by atoms with Crippen molar-refractivity contribution in [3.05, 3.63) is 35.4 Å². The van der Waals surface area contributed by atoms with Gasteiger partial charge in [0.1, 0.15) is 0 Å². The third-order valence-electron chi connectivity index (χ3n) is 5.46. The number of nitrogens with one attached hydrogen (secondary N) is 1. The molecule has 1 saturated carbocycles. The van der Waals surface area contributed by atoms with Crippen LogP contribution in [0.15, 0.2) is 24.3 Å². The molecule has 1 aromatic rings. The van der Waals surface area contributed by atoms with E-state index in [2.05, 4.69) is 5.32 Å². The molecule has 0 spiro atoms. The van der Waals surface area contributed by atoms with Crippen molar-refractivity contribution in [2.75, 3.05) is 13.2 Å². The van der Waals surface area contributed by atoms with Crippen molar-refractivity contribution in [3.8, 4) is 0 Å². The quantitative estimate of drug-likeness (QED) is 0.889. The first-order valence-electron chi connectivity index (χ1n) is 8.72. The van der Waals surface area contributed by atoms with Crippen LogP contribution in [0.25, 0.3) is 0 Å². The second kappa shape index (κ2) is 6.93. The van der Waals surface area contributed by atoms with Crippen LogP contribution in [-0.4, -0.2) is 35.7 Å². The summed E-state index contributed by atoms with van der Waals surface area (Å²) in [6.45, 7) is 3.32. The molecule has 0 aromatic heterocycles. The molecule has 1 amide bonds. The van der Waals surface area contributed by atoms with E-state index in [1.54, 1.807) is 6.07 Å². The van der Waals surface area contributed by atoms with Crippen LogP contribution in [-0.2, 0) is 9.53 Å². The molecule has 0 radical (unpaired) electrons. The van der Waals surface area contributed by atoms with Crippen LogP contribution >= 0.6 is 0 Å². The van der Waals surface area contributed by atoms with Gasteiger partial charge >= 0.3 is 5.97 Å². The molecule has 1 aliphatic carbocycles. The van der Waals surface area contributed by atoms with Gasteiger partial charge in [-0.15, -0.1) is 0 Å². The van der Waals surface area contributed by atoms with Crippen LogP contribution in [0.4, 0.5) is 0 Å². The lowest BCUT2D eigenvalue weighted by Crippen LogP contribution is -2.55. The summed E-state index contributed by atoms with van der Waals surface area (Å²) in [6.07, 6.45) is 4.14. The molecule has 1 aromatic carbocycles. The Hall–Kier alpha value is -1.88. The van der Waals surface area contributed by atoms with Crippen LogP contribution in [0.3, 0.4) is 0 Å². The Morgan fingerprint density at radius 2 is 2.12 bits per heavy atom. The summed E-state index contributed by atoms with van der Waals surface area (Å²) < 4.78 is 5.42. The molecule has 130 valence electrons. The second-order valence-electron chi connectivity index (χ2n) is 7.19. The molecular formula is C19H25NO4. The highest BCUT2D eigenvalue weighted by molar-refractivity contribution is 5.95. The Morgan fingerprint density at radius 1 is 1.29 bits per heavy atom. The first kappa shape index (κ1) is 17.0. The molecule has 2 N–H and O–H groups in total. The molecule has 0 bridgehead atoms. The van der Waals surface area contributed by atoms with E-state index in [9.17, 15) is 14.7 Å². The van der Waals surface area contributed by atoms with Gasteiger partial charge in [0.05, 0.1) is 18.1 Å². The number of hydrogen-bond donors (Lipinski definition) is 2. The highest BCUT2D eigenvalue weighted by atomic mass is 16.5. The van der Waals surface area contributed by atoms with Gasteiger partial charge in [0.15, 0.2) is 0 Å². The summed E-state index contributed by atoms with van der Waals surface area (Å²) >= 11 is 0. The van der Waals surface area contributed by atoms with Crippen LogP contribution < -0.4 is 5.32 Å². The lowest BCUT2D eigenvalue weighted by atomic mass is 9.73. The topological polar surface area (TPSA) is 75.6 Å². The number of ether oxygens (including phenoxy) is 1. The van der Waals surface area contributed by atoms with Gasteiger partial charge in [-0.2, -0.15) is 0 Å². The Morgan fingerprint density at radius 3 is 2.83 bits per heavy atom. The number of aliphatic carboxylic acids is 1. The Kier molecular flexibility index (Phi) is 4.90. The second-order valence-corrected chi connectivity index (χ2v) is 7.19. The zero-order chi connectivity index (χ0) is 17.2. The van der Waals surface area contributed by atoms with E-state index in [1.807, 2.05) is 25.1 Å². The zero-order valence-corrected chi connectivity index (χ0v) is 14.1. The van der Waals surface area contributed by atoms with Gasteiger partial charge in [0.2, 0.25) is 0 Å². The van der Waals surface area contributed by atoms with Crippen molar-refractivity contribution in [1.29, 1.82) is 0 Å². The third-order valence-corrected chi connectivity index (χ3v) is 5.46. The van der Waals surface area contributed by atoms with E-state index >= 15 is 0 Å². The van der Waals surface area contributed by atoms with Gasteiger partial charge in [-0.05, 0) is 43.9 Å². The number of carboxylic acids is 1. The summed E-state index contributed by atoms with van der Waals surface area (Å²) in [5.74, 6) is -1.20. The Bertz CT molecular complexity index is 624. The van der Waals surface area contributed by atoms with Crippen molar-refractivity contribution >= 4 is 11.9 Å². The molecule has 2 aliphatic rings. The zero-order valence-electron chi connectivity index (χ0n) is 14.1. The van der Waals surface area contributed by atoms with Gasteiger partial charge in [-0.3, -0.25) is 9.59 Å². The van der Waals surface area contributed by atoms with Crippen molar-refractivity contribution in [2.24, 2.45) is 5.92 Å². The number of carbonyl (C=O) groups excluding carboxylic acids is 1. The van der Waals surface area contributed by atoms with Gasteiger partial charge in [0.25, 0.3) is 5.91 Å². The van der Waals surface area contributed by atoms with Crippen molar-refractivity contribution < 1.29 is 19.4 Å². The van der Waals surface area contributed by atoms with Crippen molar-refractivity contribution in [3.63, 3.8) is 0 Å². The molecule has 3 rings (SSSR count). The molecule has 1 aliphatic heterocycles. The monoisotopic (exact) mass is 331 g/mol. The van der Waals surface area contributed by atoms with E-state index in [0.29, 0.717) is 30.9 Å². The molecule has 5 nitrogen and oxygen atoms in total. The lowest BCUT2D eigenvalue weighted by molar-refractivity contribution is -0.145. The number of amides is 1. The van der Waals surface area contributed by atoms with E-state index in [-0.39, 0.29) is 5.91 Å². The SMILES string of the molecule is CC1(NC(=O)c2cccc(C3CCOC3)c2)CCCCC1C(=O)O. The first-order chi connectivity index (χ1) is 11.5. The summed E-state index contributed by atoms with van der Waals surface area (Å²) in [5.41, 5.74) is 1.02. The molecule has 24 heavy (non-hydrogen) atoms. The maximum Gasteiger partial charge on any atom is 0.308 e. The Labute approximate surface area is 142 Å². The van der Waals surface area contributed by atoms with Gasteiger partial charge in [-0.1, -0.05) is 25.0 Å². The van der Waals surface area contributed by atoms with Gasteiger partial charge in [0, 0.05) is 18.1 Å². The van der Waals surface area contributed by atoms with Gasteiger partial charge in [-0.25, -0.2) is 0 Å². The fourth-order valence-electron chi connectivity index (χ4n) is 3.94. The predicted molar refractivity (Wildman–Crippen MR) is 90.1 cm³/mol. The van der Waals surface area contributed by atoms with E-state index in [4.69, 9.17) is 4.74 Å². The summed E-state index contributed by atoms with van der Waals surface area (Å²) in [5, 5.41) is 12.5. The number of rotatable bonds is 4. The predicted octanol–water partition coefficient (Wildman–Crippen LogP) is 2.95. The first-order valence-corrected chi connectivity index (χ1v) is 8.72. The molecule has 3 unspecified atom stereocenters. The van der Waals surface area contributed by atoms with Crippen LogP contribution in [0.1, 0.15) is 60.9 Å². The van der Waals surface area contributed by atoms with Crippen LogP contribution in [0.5, 0.6) is 0 Å². The van der Waals surface area contributed by atoms with Crippen molar-refractivity contribution in [1.82, 2.24) is 5.32 Å². The van der Waals surface area contributed by atoms with Gasteiger partial charge < -0.3 is 15.2 Å². The number of carbonyl (C=O) groups is 2. The van der Waals surface area contributed by atoms with Crippen LogP contribution in [0, 0.1) is 5.92 Å². The standard InChI is InChI=1S/C19H25NO4/c1-19(9-3-2-7-16(19)18(22)23)20-17(21)14-6-4-5-13(11-14)15-8-10-24-12-15/h4-6,11,15-16H,2-3,7-10,12H2,1H3,(H,20,21)(H,22,23). The fraction of sp³-hybridized carbons (Fsp3) is 0.579. The average molecular weight is 331 g/mol. The maximum atomic E-state index is 12.7. The smallest absolute Gasteiger partial charge is 0.308 e. The summed E-state index contributed by atoms with van der Waals surface area (Å²) in [7, 11) is 0. The highest BCUT2D eigenvalue weighted by Crippen LogP contribution is 2.34. The number of hydrogen-bond acceptors (Lipinski definition) is 3. The minimum Gasteiger partial charge on any atom is -0.481 e. The van der Waals surface area contributed by atoms with E-state index in [1.165, 1.54) is 0 Å². The molecular weight excluding hydrogens is 306 g/mol. The molecule has 1 saturated heterocycles. The fourth-order valence-corrected chi connectivity index (χ4v) is 3.94. The average Bonchev–Trinajstić information content (AvgIpc) is 3.09. The minimum absolute atomic E-state index is 0.189. The summed E-state index contributed by atoms with van der Waals surface area (Å²) in [6, 6.07) is 7.62. The van der Waals surface area contributed by atoms with E-state index < -0.39 is 17.4 Å². The number of carboxylic acid groups (broad SMARTS) is 1. The number of benzene rings is 1. The molecule has 5 heteroatoms. The van der Waals surface area contributed by atoms with E-state index in [0.717, 1.165) is 31.4 Å². The highest BCUT2D eigenvalue weighted by Gasteiger charge is 2.42. The lowest BCUT2D eigenvalue weighted by Gasteiger charge is -2.39. The largest absolute Gasteiger partial charge is 0.481 e. The molecule has 1 heterocycles. The van der Waals surface area contributed by atoms with Crippen LogP contribution in [0.2, 0.25) is 0 Å². The minimum atomic E-state index is -0.825. The third kappa shape index (κ3) is 3.46. The van der Waals surface area contributed by atoms with Crippen molar-refractivity contribution in [2.45, 2.75) is 50.5 Å². The Balaban J connectivity index is 1.76. The molecule has 2 fully saturated rings. The molecule has 3 atom stereocenters. The maximum absolute atomic E-state index is 12.7. The normalized spacial score (nSPS) is 30.0. The summed E-state index contributed by atoms with van der Waals surface area (Å²) in [4.78, 5) is 24.3.